The van der Waals surface area contributed by atoms with Crippen LogP contribution in [0.5, 0.6) is 0 Å². The molecule has 22 heavy (non-hydrogen) atoms. The molecule has 1 aromatic carbocycles. The fourth-order valence-corrected chi connectivity index (χ4v) is 3.50. The lowest BCUT2D eigenvalue weighted by Crippen LogP contribution is -2.46. The first-order chi connectivity index (χ1) is 10.8. The highest BCUT2D eigenvalue weighted by molar-refractivity contribution is 5.78. The average Bonchev–Trinajstić information content (AvgIpc) is 3.40. The van der Waals surface area contributed by atoms with Gasteiger partial charge in [0.15, 0.2) is 0 Å². The van der Waals surface area contributed by atoms with Gasteiger partial charge in [0.1, 0.15) is 0 Å². The zero-order valence-corrected chi connectivity index (χ0v) is 13.3. The highest BCUT2D eigenvalue weighted by atomic mass is 16.2. The van der Waals surface area contributed by atoms with E-state index in [4.69, 9.17) is 5.73 Å². The van der Waals surface area contributed by atoms with Crippen molar-refractivity contribution in [2.45, 2.75) is 38.3 Å². The van der Waals surface area contributed by atoms with Crippen molar-refractivity contribution in [2.75, 3.05) is 26.2 Å². The summed E-state index contributed by atoms with van der Waals surface area (Å²) in [6, 6.07) is 11.5. The molecule has 0 spiro atoms. The van der Waals surface area contributed by atoms with Gasteiger partial charge >= 0.3 is 0 Å². The predicted molar refractivity (Wildman–Crippen MR) is 88.2 cm³/mol. The molecule has 4 nitrogen and oxygen atoms in total. The second-order valence-electron chi connectivity index (χ2n) is 6.70. The molecule has 1 amide bonds. The zero-order chi connectivity index (χ0) is 15.4. The second kappa shape index (κ2) is 7.25. The van der Waals surface area contributed by atoms with Gasteiger partial charge in [0.25, 0.3) is 0 Å². The third-order valence-electron chi connectivity index (χ3n) is 4.83. The minimum atomic E-state index is 0.103. The number of benzene rings is 1. The Hall–Kier alpha value is -1.39. The van der Waals surface area contributed by atoms with Gasteiger partial charge < -0.3 is 10.6 Å². The van der Waals surface area contributed by atoms with E-state index in [1.54, 1.807) is 0 Å². The third kappa shape index (κ3) is 4.08. The van der Waals surface area contributed by atoms with Gasteiger partial charge in [-0.05, 0) is 37.2 Å². The number of nitrogens with zero attached hydrogens (tertiary/aromatic N) is 2. The van der Waals surface area contributed by atoms with E-state index in [2.05, 4.69) is 35.2 Å². The van der Waals surface area contributed by atoms with E-state index in [9.17, 15) is 4.79 Å². The van der Waals surface area contributed by atoms with Gasteiger partial charge in [-0.15, -0.1) is 0 Å². The molecule has 2 aliphatic rings. The molecule has 2 N–H and O–H groups in total. The lowest BCUT2D eigenvalue weighted by atomic mass is 9.97. The minimum Gasteiger partial charge on any atom is -0.341 e. The summed E-state index contributed by atoms with van der Waals surface area (Å²) in [6.07, 6.45) is 4.99. The molecule has 120 valence electrons. The van der Waals surface area contributed by atoms with E-state index in [0.29, 0.717) is 5.92 Å². The maximum atomic E-state index is 11.8. The number of amides is 1. The summed E-state index contributed by atoms with van der Waals surface area (Å²) in [5, 5.41) is 0. The first-order valence-electron chi connectivity index (χ1n) is 8.52. The zero-order valence-electron chi connectivity index (χ0n) is 13.3. The van der Waals surface area contributed by atoms with E-state index in [0.717, 1.165) is 38.6 Å². The van der Waals surface area contributed by atoms with Crippen molar-refractivity contribution in [3.8, 4) is 0 Å². The molecule has 1 saturated carbocycles. The molecule has 1 aliphatic heterocycles. The SMILES string of the molecule is NCC(=O)N1CCC[C@H](CN(Cc2ccccc2)C2CC2)C1. The van der Waals surface area contributed by atoms with Crippen LogP contribution >= 0.6 is 0 Å². The molecule has 0 radical (unpaired) electrons. The Balaban J connectivity index is 1.58. The Labute approximate surface area is 133 Å². The smallest absolute Gasteiger partial charge is 0.236 e. The predicted octanol–water partition coefficient (Wildman–Crippen LogP) is 1.85. The average molecular weight is 301 g/mol. The van der Waals surface area contributed by atoms with Crippen molar-refractivity contribution < 1.29 is 4.79 Å². The van der Waals surface area contributed by atoms with Gasteiger partial charge in [0, 0.05) is 32.2 Å². The Morgan fingerprint density at radius 1 is 1.23 bits per heavy atom. The van der Waals surface area contributed by atoms with Crippen LogP contribution in [0.3, 0.4) is 0 Å². The summed E-state index contributed by atoms with van der Waals surface area (Å²) in [6.45, 7) is 4.05. The summed E-state index contributed by atoms with van der Waals surface area (Å²) in [4.78, 5) is 16.4. The Morgan fingerprint density at radius 2 is 2.00 bits per heavy atom. The number of rotatable bonds is 6. The molecule has 2 fully saturated rings. The number of hydrogen-bond donors (Lipinski definition) is 1. The van der Waals surface area contributed by atoms with Crippen LogP contribution in [0.25, 0.3) is 0 Å². The molecular weight excluding hydrogens is 274 g/mol. The quantitative estimate of drug-likeness (QED) is 0.872. The van der Waals surface area contributed by atoms with Crippen LogP contribution in [0.2, 0.25) is 0 Å². The van der Waals surface area contributed by atoms with E-state index in [1.165, 1.54) is 24.8 Å². The van der Waals surface area contributed by atoms with Crippen LogP contribution in [0.1, 0.15) is 31.2 Å². The van der Waals surface area contributed by atoms with Gasteiger partial charge in [0.05, 0.1) is 6.54 Å². The highest BCUT2D eigenvalue weighted by Crippen LogP contribution is 2.30. The lowest BCUT2D eigenvalue weighted by Gasteiger charge is -2.35. The van der Waals surface area contributed by atoms with E-state index in [1.807, 2.05) is 4.90 Å². The molecular formula is C18H27N3O. The molecule has 1 heterocycles. The van der Waals surface area contributed by atoms with Crippen LogP contribution in [-0.2, 0) is 11.3 Å². The Morgan fingerprint density at radius 3 is 2.68 bits per heavy atom. The molecule has 1 aliphatic carbocycles. The van der Waals surface area contributed by atoms with Gasteiger partial charge in [0.2, 0.25) is 5.91 Å². The van der Waals surface area contributed by atoms with Gasteiger partial charge in [-0.1, -0.05) is 30.3 Å². The van der Waals surface area contributed by atoms with E-state index < -0.39 is 0 Å². The minimum absolute atomic E-state index is 0.103. The van der Waals surface area contributed by atoms with Gasteiger partial charge in [-0.25, -0.2) is 0 Å². The Kier molecular flexibility index (Phi) is 5.11. The topological polar surface area (TPSA) is 49.6 Å². The van der Waals surface area contributed by atoms with Crippen LogP contribution in [0.4, 0.5) is 0 Å². The fourth-order valence-electron chi connectivity index (χ4n) is 3.50. The highest BCUT2D eigenvalue weighted by Gasteiger charge is 2.32. The van der Waals surface area contributed by atoms with Crippen molar-refractivity contribution in [1.82, 2.24) is 9.80 Å². The maximum absolute atomic E-state index is 11.8. The molecule has 1 atom stereocenters. The first-order valence-corrected chi connectivity index (χ1v) is 8.52. The second-order valence-corrected chi connectivity index (χ2v) is 6.70. The number of carbonyl (C=O) groups excluding carboxylic acids is 1. The molecule has 3 rings (SSSR count). The molecule has 1 saturated heterocycles. The first kappa shape index (κ1) is 15.5. The fraction of sp³-hybridized carbons (Fsp3) is 0.611. The monoisotopic (exact) mass is 301 g/mol. The summed E-state index contributed by atoms with van der Waals surface area (Å²) in [5.74, 6) is 0.694. The number of carbonyl (C=O) groups is 1. The molecule has 0 aromatic heterocycles. The van der Waals surface area contributed by atoms with Crippen LogP contribution in [0, 0.1) is 5.92 Å². The summed E-state index contributed by atoms with van der Waals surface area (Å²) in [5.41, 5.74) is 6.90. The van der Waals surface area contributed by atoms with Crippen molar-refractivity contribution in [2.24, 2.45) is 11.7 Å². The normalized spacial score (nSPS) is 22.1. The number of hydrogen-bond acceptors (Lipinski definition) is 3. The van der Waals surface area contributed by atoms with E-state index >= 15 is 0 Å². The maximum Gasteiger partial charge on any atom is 0.236 e. The third-order valence-corrected chi connectivity index (χ3v) is 4.83. The van der Waals surface area contributed by atoms with Crippen LogP contribution in [0.15, 0.2) is 30.3 Å². The lowest BCUT2D eigenvalue weighted by molar-refractivity contribution is -0.131. The van der Waals surface area contributed by atoms with Crippen LogP contribution < -0.4 is 5.73 Å². The molecule has 1 aromatic rings. The van der Waals surface area contributed by atoms with Crippen molar-refractivity contribution in [3.63, 3.8) is 0 Å². The van der Waals surface area contributed by atoms with Gasteiger partial charge in [-0.2, -0.15) is 0 Å². The van der Waals surface area contributed by atoms with Gasteiger partial charge in [-0.3, -0.25) is 9.69 Å². The number of piperidine rings is 1. The standard InChI is InChI=1S/C18H27N3O/c19-11-18(22)20-10-4-7-16(13-20)14-21(17-8-9-17)12-15-5-2-1-3-6-15/h1-3,5-6,16-17H,4,7-14,19H2/t16-/m0/s1. The molecule has 0 unspecified atom stereocenters. The number of likely N-dealkylation sites (tertiary alicyclic amines) is 1. The van der Waals surface area contributed by atoms with Crippen molar-refractivity contribution in [3.05, 3.63) is 35.9 Å². The largest absolute Gasteiger partial charge is 0.341 e. The van der Waals surface area contributed by atoms with Crippen molar-refractivity contribution >= 4 is 5.91 Å². The van der Waals surface area contributed by atoms with Crippen molar-refractivity contribution in [1.29, 1.82) is 0 Å². The Bertz CT molecular complexity index is 486. The summed E-state index contributed by atoms with van der Waals surface area (Å²) >= 11 is 0. The summed E-state index contributed by atoms with van der Waals surface area (Å²) in [7, 11) is 0. The van der Waals surface area contributed by atoms with Crippen LogP contribution in [-0.4, -0.2) is 47.9 Å². The molecule has 0 bridgehead atoms. The summed E-state index contributed by atoms with van der Waals surface area (Å²) < 4.78 is 0. The number of nitrogens with two attached hydrogens (primary N) is 1. The molecule has 4 heteroatoms. The van der Waals surface area contributed by atoms with E-state index in [-0.39, 0.29) is 12.5 Å².